The zero-order valence-corrected chi connectivity index (χ0v) is 22.9. The van der Waals surface area contributed by atoms with Crippen molar-refractivity contribution in [2.75, 3.05) is 18.9 Å². The van der Waals surface area contributed by atoms with Crippen LogP contribution < -0.4 is 20.3 Å². The van der Waals surface area contributed by atoms with Crippen LogP contribution in [0, 0.1) is 5.92 Å². The third kappa shape index (κ3) is 5.59. The first kappa shape index (κ1) is 27.4. The number of anilines is 1. The van der Waals surface area contributed by atoms with Gasteiger partial charge in [0, 0.05) is 25.4 Å². The van der Waals surface area contributed by atoms with E-state index in [1.807, 2.05) is 0 Å². The maximum absolute atomic E-state index is 13.2. The fourth-order valence-electron chi connectivity index (χ4n) is 3.79. The molecule has 38 heavy (non-hydrogen) atoms. The van der Waals surface area contributed by atoms with Gasteiger partial charge in [0.15, 0.2) is 0 Å². The van der Waals surface area contributed by atoms with Crippen molar-refractivity contribution in [1.29, 1.82) is 0 Å². The molecule has 1 atom stereocenters. The Morgan fingerprint density at radius 3 is 2.53 bits per heavy atom. The van der Waals surface area contributed by atoms with Crippen LogP contribution in [0.1, 0.15) is 6.92 Å². The minimum absolute atomic E-state index is 0.0467. The number of nitrogens with one attached hydrogen (secondary N) is 2. The number of carbonyl (C=O) groups is 1. The molecule has 0 aliphatic rings. The maximum Gasteiger partial charge on any atom is 0.262 e. The van der Waals surface area contributed by atoms with Gasteiger partial charge >= 0.3 is 0 Å². The van der Waals surface area contributed by atoms with Gasteiger partial charge in [0.05, 0.1) is 45.2 Å². The number of nitrogens with zero attached hydrogens (tertiary/aromatic N) is 3. The number of methoxy groups -OCH3 is 1. The number of halogens is 2. The molecule has 0 spiro atoms. The highest BCUT2D eigenvalue weighted by atomic mass is 35.5. The number of sulfonamides is 1. The topological polar surface area (TPSA) is 132 Å². The summed E-state index contributed by atoms with van der Waals surface area (Å²) >= 11 is 11.9. The summed E-state index contributed by atoms with van der Waals surface area (Å²) in [6.45, 7) is 1.88. The van der Waals surface area contributed by atoms with Crippen molar-refractivity contribution in [1.82, 2.24) is 19.9 Å². The molecular formula is C25H23Cl2N5O5S. The highest BCUT2D eigenvalue weighted by Crippen LogP contribution is 2.32. The van der Waals surface area contributed by atoms with Crippen LogP contribution in [0.15, 0.2) is 64.7 Å². The number of ether oxygens (including phenoxy) is 1. The molecule has 0 radical (unpaired) electrons. The number of benzene rings is 2. The van der Waals surface area contributed by atoms with Gasteiger partial charge in [-0.3, -0.25) is 18.9 Å². The molecule has 0 unspecified atom stereocenters. The zero-order chi connectivity index (χ0) is 27.6. The zero-order valence-electron chi connectivity index (χ0n) is 20.5. The van der Waals surface area contributed by atoms with Crippen molar-refractivity contribution in [3.8, 4) is 17.0 Å². The van der Waals surface area contributed by atoms with Crippen LogP contribution in [0.3, 0.4) is 0 Å². The molecule has 0 aliphatic heterocycles. The summed E-state index contributed by atoms with van der Waals surface area (Å²) in [5.74, 6) is -0.576. The third-order valence-electron chi connectivity index (χ3n) is 5.81. The van der Waals surface area contributed by atoms with Crippen LogP contribution in [0.2, 0.25) is 10.0 Å². The largest absolute Gasteiger partial charge is 0.480 e. The van der Waals surface area contributed by atoms with Gasteiger partial charge in [-0.05, 0) is 42.0 Å². The molecule has 0 saturated carbocycles. The summed E-state index contributed by atoms with van der Waals surface area (Å²) in [4.78, 5) is 33.6. The van der Waals surface area contributed by atoms with Crippen LogP contribution in [0.25, 0.3) is 22.0 Å². The van der Waals surface area contributed by atoms with E-state index in [2.05, 4.69) is 20.0 Å². The van der Waals surface area contributed by atoms with Gasteiger partial charge < -0.3 is 10.1 Å². The van der Waals surface area contributed by atoms with E-state index in [0.717, 1.165) is 0 Å². The van der Waals surface area contributed by atoms with E-state index >= 15 is 0 Å². The van der Waals surface area contributed by atoms with Crippen molar-refractivity contribution in [3.63, 3.8) is 0 Å². The first-order valence-corrected chi connectivity index (χ1v) is 13.5. The number of fused-ring (bicyclic) bond motifs is 1. The van der Waals surface area contributed by atoms with Gasteiger partial charge in [-0.25, -0.2) is 18.4 Å². The molecule has 13 heteroatoms. The first-order valence-electron chi connectivity index (χ1n) is 11.3. The van der Waals surface area contributed by atoms with Crippen LogP contribution >= 0.6 is 23.2 Å². The standard InChI is InChI=1S/C25H23Cl2N5O5S/c1-14(23(33)28-2)12-32-13-30-21-7-4-15(8-18(21)25(32)34)16-9-22(24(37-3)29-11-16)31-38(35,36)17-5-6-19(26)20(27)10-17/h4-11,13-14,31H,12H2,1-3H3,(H,28,33)/t14-/m1/s1. The number of aromatic nitrogens is 3. The summed E-state index contributed by atoms with van der Waals surface area (Å²) in [6, 6.07) is 10.6. The number of hydrogen-bond acceptors (Lipinski definition) is 7. The second kappa shape index (κ2) is 11.0. The van der Waals surface area contributed by atoms with Crippen LogP contribution in [-0.4, -0.2) is 43.0 Å². The van der Waals surface area contributed by atoms with Crippen molar-refractivity contribution in [2.24, 2.45) is 5.92 Å². The Kier molecular flexibility index (Phi) is 7.91. The van der Waals surface area contributed by atoms with E-state index in [1.165, 1.54) is 49.4 Å². The van der Waals surface area contributed by atoms with Gasteiger partial charge in [0.2, 0.25) is 11.8 Å². The summed E-state index contributed by atoms with van der Waals surface area (Å²) in [6.07, 6.45) is 2.91. The molecule has 0 saturated heterocycles. The summed E-state index contributed by atoms with van der Waals surface area (Å²) in [5.41, 5.74) is 1.37. The Labute approximate surface area is 228 Å². The molecule has 4 aromatic rings. The molecular weight excluding hydrogens is 553 g/mol. The quantitative estimate of drug-likeness (QED) is 0.325. The van der Waals surface area contributed by atoms with Crippen molar-refractivity contribution in [3.05, 3.63) is 75.4 Å². The lowest BCUT2D eigenvalue weighted by Crippen LogP contribution is -2.32. The fourth-order valence-corrected chi connectivity index (χ4v) is 5.22. The van der Waals surface area contributed by atoms with Gasteiger partial charge in [-0.15, -0.1) is 0 Å². The molecule has 10 nitrogen and oxygen atoms in total. The van der Waals surface area contributed by atoms with Crippen molar-refractivity contribution < 1.29 is 17.9 Å². The molecule has 0 bridgehead atoms. The maximum atomic E-state index is 13.2. The Bertz CT molecular complexity index is 1710. The SMILES string of the molecule is CNC(=O)[C@H](C)Cn1cnc2ccc(-c3cnc(OC)c(NS(=O)(=O)c4ccc(Cl)c(Cl)c4)c3)cc2c1=O. The molecule has 2 heterocycles. The smallest absolute Gasteiger partial charge is 0.262 e. The van der Waals surface area contributed by atoms with E-state index in [0.29, 0.717) is 22.0 Å². The lowest BCUT2D eigenvalue weighted by atomic mass is 10.0. The Morgan fingerprint density at radius 2 is 1.84 bits per heavy atom. The number of hydrogen-bond donors (Lipinski definition) is 2. The number of amides is 1. The molecule has 0 fully saturated rings. The lowest BCUT2D eigenvalue weighted by molar-refractivity contribution is -0.124. The average molecular weight is 576 g/mol. The van der Waals surface area contributed by atoms with Crippen LogP contribution in [0.4, 0.5) is 5.69 Å². The summed E-state index contributed by atoms with van der Waals surface area (Å²) in [7, 11) is -1.16. The predicted octanol–water partition coefficient (Wildman–Crippen LogP) is 3.96. The van der Waals surface area contributed by atoms with Crippen molar-refractivity contribution in [2.45, 2.75) is 18.4 Å². The van der Waals surface area contributed by atoms with Gasteiger partial charge in [-0.1, -0.05) is 36.2 Å². The second-order valence-electron chi connectivity index (χ2n) is 8.41. The Morgan fingerprint density at radius 1 is 1.08 bits per heavy atom. The number of pyridine rings is 1. The lowest BCUT2D eigenvalue weighted by Gasteiger charge is -2.14. The fraction of sp³-hybridized carbons (Fsp3) is 0.200. The first-order chi connectivity index (χ1) is 18.0. The van der Waals surface area contributed by atoms with Gasteiger partial charge in [0.25, 0.3) is 15.6 Å². The van der Waals surface area contributed by atoms with E-state index in [4.69, 9.17) is 27.9 Å². The van der Waals surface area contributed by atoms with E-state index in [-0.39, 0.29) is 44.5 Å². The normalized spacial score (nSPS) is 12.2. The average Bonchev–Trinajstić information content (AvgIpc) is 2.90. The minimum Gasteiger partial charge on any atom is -0.480 e. The highest BCUT2D eigenvalue weighted by Gasteiger charge is 2.20. The van der Waals surface area contributed by atoms with Gasteiger partial charge in [-0.2, -0.15) is 0 Å². The molecule has 198 valence electrons. The molecule has 1 amide bonds. The van der Waals surface area contributed by atoms with E-state index < -0.39 is 15.9 Å². The Balaban J connectivity index is 1.73. The summed E-state index contributed by atoms with van der Waals surface area (Å²) in [5, 5.41) is 3.21. The van der Waals surface area contributed by atoms with E-state index in [1.54, 1.807) is 31.2 Å². The third-order valence-corrected chi connectivity index (χ3v) is 7.91. The highest BCUT2D eigenvalue weighted by molar-refractivity contribution is 7.92. The van der Waals surface area contributed by atoms with E-state index in [9.17, 15) is 18.0 Å². The van der Waals surface area contributed by atoms with Crippen molar-refractivity contribution >= 4 is 55.7 Å². The molecule has 2 N–H and O–H groups in total. The molecule has 0 aliphatic carbocycles. The predicted molar refractivity (Wildman–Crippen MR) is 146 cm³/mol. The van der Waals surface area contributed by atoms with Crippen LogP contribution in [-0.2, 0) is 21.4 Å². The molecule has 2 aromatic carbocycles. The monoisotopic (exact) mass is 575 g/mol. The Hall–Kier alpha value is -3.67. The number of carbonyl (C=O) groups excluding carboxylic acids is 1. The molecule has 2 aromatic heterocycles. The number of rotatable bonds is 8. The minimum atomic E-state index is -4.06. The van der Waals surface area contributed by atoms with Crippen LogP contribution in [0.5, 0.6) is 5.88 Å². The second-order valence-corrected chi connectivity index (χ2v) is 10.9. The summed E-state index contributed by atoms with van der Waals surface area (Å²) < 4.78 is 35.1. The molecule has 4 rings (SSSR count). The van der Waals surface area contributed by atoms with Gasteiger partial charge in [0.1, 0.15) is 5.69 Å².